The minimum absolute atomic E-state index is 0.0276. The third kappa shape index (κ3) is 4.22. The van der Waals surface area contributed by atoms with Gasteiger partial charge in [-0.1, -0.05) is 61.5 Å². The van der Waals surface area contributed by atoms with Crippen molar-refractivity contribution in [2.75, 3.05) is 22.1 Å². The molecular weight excluding hydrogens is 465 g/mol. The van der Waals surface area contributed by atoms with Crippen LogP contribution in [0.25, 0.3) is 11.1 Å². The van der Waals surface area contributed by atoms with Crippen LogP contribution in [0.5, 0.6) is 0 Å². The van der Waals surface area contributed by atoms with E-state index >= 15 is 0 Å². The molecule has 1 fully saturated rings. The maximum Gasteiger partial charge on any atom is 0.250 e. The van der Waals surface area contributed by atoms with E-state index in [0.717, 1.165) is 48.0 Å². The molecule has 0 saturated heterocycles. The van der Waals surface area contributed by atoms with Gasteiger partial charge in [-0.25, -0.2) is 9.37 Å². The number of aromatic nitrogens is 2. The van der Waals surface area contributed by atoms with Crippen molar-refractivity contribution in [1.29, 1.82) is 0 Å². The molecule has 184 valence electrons. The monoisotopic (exact) mass is 491 g/mol. The molecule has 1 saturated carbocycles. The summed E-state index contributed by atoms with van der Waals surface area (Å²) in [5.41, 5.74) is 5.71. The quantitative estimate of drug-likeness (QED) is 0.293. The lowest BCUT2D eigenvalue weighted by Gasteiger charge is -2.38. The lowest BCUT2D eigenvalue weighted by atomic mass is 9.66. The number of rotatable bonds is 6. The summed E-state index contributed by atoms with van der Waals surface area (Å²) in [4.78, 5) is 22.8. The average molecular weight is 492 g/mol. The molecule has 1 spiro atoms. The van der Waals surface area contributed by atoms with Gasteiger partial charge in [0.05, 0.1) is 6.20 Å². The van der Waals surface area contributed by atoms with Crippen LogP contribution in [-0.2, 0) is 10.2 Å². The number of halogens is 1. The smallest absolute Gasteiger partial charge is 0.250 e. The van der Waals surface area contributed by atoms with Crippen molar-refractivity contribution in [3.63, 3.8) is 0 Å². The Kier molecular flexibility index (Phi) is 5.68. The molecule has 7 heteroatoms. The predicted octanol–water partition coefficient (Wildman–Crippen LogP) is 6.72. The van der Waals surface area contributed by atoms with Gasteiger partial charge in [0.15, 0.2) is 11.6 Å². The molecule has 1 aliphatic heterocycles. The molecule has 0 bridgehead atoms. The van der Waals surface area contributed by atoms with E-state index in [-0.39, 0.29) is 23.1 Å². The summed E-state index contributed by atoms with van der Waals surface area (Å²) in [6, 6.07) is 23.8. The SMILES string of the molecule is C=CC(=O)N1CC2(CCC2)c2ccc(Nc3nc(Nc4ccc(-c5ccccc5)cc4)ncc3F)cc21. The minimum Gasteiger partial charge on any atom is -0.338 e. The zero-order valence-electron chi connectivity index (χ0n) is 20.2. The Bertz CT molecular complexity index is 1480. The number of amides is 1. The summed E-state index contributed by atoms with van der Waals surface area (Å²) in [6.07, 6.45) is 5.77. The normalized spacial score (nSPS) is 15.1. The number of benzene rings is 3. The summed E-state index contributed by atoms with van der Waals surface area (Å²) in [6.45, 7) is 4.32. The number of hydrogen-bond donors (Lipinski definition) is 2. The van der Waals surface area contributed by atoms with E-state index in [9.17, 15) is 9.18 Å². The molecule has 0 radical (unpaired) electrons. The van der Waals surface area contributed by atoms with Gasteiger partial charge in [0.25, 0.3) is 0 Å². The van der Waals surface area contributed by atoms with Crippen molar-refractivity contribution in [2.45, 2.75) is 24.7 Å². The molecule has 0 atom stereocenters. The van der Waals surface area contributed by atoms with E-state index in [1.807, 2.05) is 60.7 Å². The van der Waals surface area contributed by atoms with Gasteiger partial charge in [0, 0.05) is 29.0 Å². The number of anilines is 5. The Morgan fingerprint density at radius 2 is 1.70 bits per heavy atom. The van der Waals surface area contributed by atoms with Gasteiger partial charge in [0.2, 0.25) is 11.9 Å². The van der Waals surface area contributed by atoms with Crippen LogP contribution in [0.3, 0.4) is 0 Å². The molecule has 1 amide bonds. The van der Waals surface area contributed by atoms with E-state index in [0.29, 0.717) is 12.2 Å². The number of nitrogens with one attached hydrogen (secondary N) is 2. The van der Waals surface area contributed by atoms with Gasteiger partial charge in [-0.3, -0.25) is 4.79 Å². The highest BCUT2D eigenvalue weighted by molar-refractivity contribution is 6.03. The Hall–Kier alpha value is -4.52. The Morgan fingerprint density at radius 1 is 0.973 bits per heavy atom. The fourth-order valence-corrected chi connectivity index (χ4v) is 5.25. The topological polar surface area (TPSA) is 70.2 Å². The van der Waals surface area contributed by atoms with E-state index in [1.165, 1.54) is 11.6 Å². The first-order valence-electron chi connectivity index (χ1n) is 12.4. The summed E-state index contributed by atoms with van der Waals surface area (Å²) < 4.78 is 14.7. The molecular formula is C30H26FN5O. The molecule has 37 heavy (non-hydrogen) atoms. The van der Waals surface area contributed by atoms with Gasteiger partial charge in [-0.05, 0) is 59.9 Å². The first-order chi connectivity index (χ1) is 18.0. The van der Waals surface area contributed by atoms with Gasteiger partial charge in [0.1, 0.15) is 0 Å². The number of fused-ring (bicyclic) bond motifs is 2. The van der Waals surface area contributed by atoms with Crippen LogP contribution in [0.2, 0.25) is 0 Å². The highest BCUT2D eigenvalue weighted by atomic mass is 19.1. The molecule has 2 N–H and O–H groups in total. The zero-order chi connectivity index (χ0) is 25.4. The highest BCUT2D eigenvalue weighted by Gasteiger charge is 2.48. The van der Waals surface area contributed by atoms with Gasteiger partial charge in [-0.15, -0.1) is 0 Å². The maximum absolute atomic E-state index is 14.7. The minimum atomic E-state index is -0.569. The van der Waals surface area contributed by atoms with E-state index in [4.69, 9.17) is 0 Å². The van der Waals surface area contributed by atoms with Crippen LogP contribution in [0, 0.1) is 5.82 Å². The summed E-state index contributed by atoms with van der Waals surface area (Å²) >= 11 is 0. The summed E-state index contributed by atoms with van der Waals surface area (Å²) in [7, 11) is 0. The van der Waals surface area contributed by atoms with Crippen LogP contribution in [0.15, 0.2) is 91.6 Å². The largest absolute Gasteiger partial charge is 0.338 e. The molecule has 2 heterocycles. The molecule has 4 aromatic rings. The number of carbonyl (C=O) groups is 1. The first-order valence-corrected chi connectivity index (χ1v) is 12.4. The highest BCUT2D eigenvalue weighted by Crippen LogP contribution is 2.53. The van der Waals surface area contributed by atoms with Crippen molar-refractivity contribution in [3.05, 3.63) is 103 Å². The number of hydrogen-bond acceptors (Lipinski definition) is 5. The fraction of sp³-hybridized carbons (Fsp3) is 0.167. The van der Waals surface area contributed by atoms with Crippen LogP contribution >= 0.6 is 0 Å². The van der Waals surface area contributed by atoms with Crippen molar-refractivity contribution in [1.82, 2.24) is 9.97 Å². The van der Waals surface area contributed by atoms with Crippen molar-refractivity contribution in [2.24, 2.45) is 0 Å². The second-order valence-electron chi connectivity index (χ2n) is 9.58. The van der Waals surface area contributed by atoms with Crippen molar-refractivity contribution in [3.8, 4) is 11.1 Å². The summed E-state index contributed by atoms with van der Waals surface area (Å²) in [5, 5.41) is 6.21. The third-order valence-corrected chi connectivity index (χ3v) is 7.33. The summed E-state index contributed by atoms with van der Waals surface area (Å²) in [5.74, 6) is -0.370. The van der Waals surface area contributed by atoms with Crippen LogP contribution in [0.4, 0.5) is 33.2 Å². The van der Waals surface area contributed by atoms with Crippen molar-refractivity contribution < 1.29 is 9.18 Å². The lowest BCUT2D eigenvalue weighted by molar-refractivity contribution is -0.114. The average Bonchev–Trinajstić information content (AvgIpc) is 3.27. The molecule has 1 aromatic heterocycles. The Morgan fingerprint density at radius 3 is 2.41 bits per heavy atom. The van der Waals surface area contributed by atoms with Gasteiger partial charge >= 0.3 is 0 Å². The number of carbonyl (C=O) groups excluding carboxylic acids is 1. The molecule has 6 nitrogen and oxygen atoms in total. The van der Waals surface area contributed by atoms with E-state index in [2.05, 4.69) is 39.3 Å². The standard InChI is InChI=1S/C30H26FN5O/c1-2-27(37)36-19-30(15-6-16-30)24-14-13-23(17-26(24)36)33-28-25(31)18-32-29(35-28)34-22-11-9-21(10-12-22)20-7-4-3-5-8-20/h2-5,7-14,17-18H,1,6,15-16,19H2,(H2,32,33,34,35). The molecule has 0 unspecified atom stereocenters. The second kappa shape index (κ2) is 9.17. The Labute approximate surface area is 214 Å². The first kappa shape index (κ1) is 22.9. The third-order valence-electron chi connectivity index (χ3n) is 7.33. The van der Waals surface area contributed by atoms with E-state index < -0.39 is 5.82 Å². The van der Waals surface area contributed by atoms with Gasteiger partial charge in [-0.2, -0.15) is 4.98 Å². The van der Waals surface area contributed by atoms with Crippen LogP contribution in [-0.4, -0.2) is 22.4 Å². The predicted molar refractivity (Wildman–Crippen MR) is 145 cm³/mol. The van der Waals surface area contributed by atoms with Crippen LogP contribution < -0.4 is 15.5 Å². The van der Waals surface area contributed by atoms with Crippen molar-refractivity contribution >= 4 is 34.7 Å². The Balaban J connectivity index is 1.23. The molecule has 6 rings (SSSR count). The number of nitrogens with zero attached hydrogens (tertiary/aromatic N) is 3. The second-order valence-corrected chi connectivity index (χ2v) is 9.58. The van der Waals surface area contributed by atoms with E-state index in [1.54, 1.807) is 4.90 Å². The van der Waals surface area contributed by atoms with Gasteiger partial charge < -0.3 is 15.5 Å². The molecule has 3 aromatic carbocycles. The maximum atomic E-state index is 14.7. The molecule has 1 aliphatic carbocycles. The zero-order valence-corrected chi connectivity index (χ0v) is 20.2. The van der Waals surface area contributed by atoms with Crippen LogP contribution in [0.1, 0.15) is 24.8 Å². The fourth-order valence-electron chi connectivity index (χ4n) is 5.25. The lowest BCUT2D eigenvalue weighted by Crippen LogP contribution is -2.40. The molecule has 2 aliphatic rings.